The molecule has 1 atom stereocenters. The zero-order valence-corrected chi connectivity index (χ0v) is 10.2. The third kappa shape index (κ3) is 3.38. The second-order valence-electron chi connectivity index (χ2n) is 4.64. The molecule has 0 saturated carbocycles. The van der Waals surface area contributed by atoms with E-state index in [1.54, 1.807) is 13.0 Å². The van der Waals surface area contributed by atoms with E-state index < -0.39 is 11.7 Å². The molecule has 5 heteroatoms. The van der Waals surface area contributed by atoms with Gasteiger partial charge in [0.05, 0.1) is 5.56 Å². The molecule has 0 radical (unpaired) electrons. The minimum Gasteiger partial charge on any atom is -0.492 e. The first kappa shape index (κ1) is 13.2. The van der Waals surface area contributed by atoms with Crippen molar-refractivity contribution in [1.29, 1.82) is 0 Å². The molecule has 1 N–H and O–H groups in total. The van der Waals surface area contributed by atoms with Crippen molar-refractivity contribution in [2.45, 2.75) is 32.0 Å². The topological polar surface area (TPSA) is 21.3 Å². The van der Waals surface area contributed by atoms with Crippen LogP contribution in [0.3, 0.4) is 0 Å². The Hall–Kier alpha value is -1.23. The average molecular weight is 259 g/mol. The van der Waals surface area contributed by atoms with E-state index in [2.05, 4.69) is 5.32 Å². The summed E-state index contributed by atoms with van der Waals surface area (Å²) in [7, 11) is 0. The summed E-state index contributed by atoms with van der Waals surface area (Å²) in [5, 5.41) is 3.24. The number of hydrogen-bond acceptors (Lipinski definition) is 2. The summed E-state index contributed by atoms with van der Waals surface area (Å²) in [5.74, 6) is 0.288. The molecule has 1 aromatic carbocycles. The highest BCUT2D eigenvalue weighted by Crippen LogP contribution is 2.32. The average Bonchev–Trinajstić information content (AvgIpc) is 2.77. The third-order valence-electron chi connectivity index (χ3n) is 2.99. The first-order valence-corrected chi connectivity index (χ1v) is 6.00. The molecule has 0 amide bonds. The van der Waals surface area contributed by atoms with Gasteiger partial charge in [-0.25, -0.2) is 0 Å². The predicted octanol–water partition coefficient (Wildman–Crippen LogP) is 3.14. The Morgan fingerprint density at radius 1 is 1.33 bits per heavy atom. The molecule has 2 rings (SSSR count). The van der Waals surface area contributed by atoms with Crippen LogP contribution in [0.2, 0.25) is 0 Å². The van der Waals surface area contributed by atoms with Crippen LogP contribution in [-0.4, -0.2) is 19.2 Å². The summed E-state index contributed by atoms with van der Waals surface area (Å²) in [6.07, 6.45) is -2.22. The summed E-state index contributed by atoms with van der Waals surface area (Å²) in [6, 6.07) is 4.06. The zero-order chi connectivity index (χ0) is 13.2. The van der Waals surface area contributed by atoms with Crippen LogP contribution in [0.25, 0.3) is 0 Å². The first-order valence-electron chi connectivity index (χ1n) is 6.00. The lowest BCUT2D eigenvalue weighted by Gasteiger charge is -2.14. The Balaban J connectivity index is 2.05. The second-order valence-corrected chi connectivity index (χ2v) is 4.64. The second kappa shape index (κ2) is 5.18. The van der Waals surface area contributed by atoms with Crippen LogP contribution >= 0.6 is 0 Å². The number of benzene rings is 1. The van der Waals surface area contributed by atoms with Gasteiger partial charge < -0.3 is 10.1 Å². The molecule has 2 nitrogen and oxygen atoms in total. The first-order chi connectivity index (χ1) is 8.45. The van der Waals surface area contributed by atoms with Gasteiger partial charge in [0.25, 0.3) is 0 Å². The van der Waals surface area contributed by atoms with E-state index in [1.807, 2.05) is 0 Å². The van der Waals surface area contributed by atoms with E-state index in [1.165, 1.54) is 0 Å². The zero-order valence-electron chi connectivity index (χ0n) is 10.2. The van der Waals surface area contributed by atoms with Crippen LogP contribution in [0, 0.1) is 6.92 Å². The van der Waals surface area contributed by atoms with Gasteiger partial charge in [-0.15, -0.1) is 0 Å². The summed E-state index contributed by atoms with van der Waals surface area (Å²) in [4.78, 5) is 0. The Morgan fingerprint density at radius 2 is 2.11 bits per heavy atom. The lowest BCUT2D eigenvalue weighted by molar-refractivity contribution is -0.137. The van der Waals surface area contributed by atoms with Crippen molar-refractivity contribution in [2.75, 3.05) is 13.2 Å². The van der Waals surface area contributed by atoms with E-state index in [4.69, 9.17) is 4.74 Å². The Morgan fingerprint density at radius 3 is 2.72 bits per heavy atom. The Labute approximate surface area is 104 Å². The molecular weight excluding hydrogens is 243 g/mol. The molecule has 0 aliphatic carbocycles. The quantitative estimate of drug-likeness (QED) is 0.900. The predicted molar refractivity (Wildman–Crippen MR) is 62.7 cm³/mol. The van der Waals surface area contributed by atoms with Gasteiger partial charge in [-0.2, -0.15) is 13.2 Å². The van der Waals surface area contributed by atoms with Crippen molar-refractivity contribution in [3.8, 4) is 5.75 Å². The van der Waals surface area contributed by atoms with E-state index in [0.29, 0.717) is 12.2 Å². The van der Waals surface area contributed by atoms with Crippen LogP contribution in [0.5, 0.6) is 5.75 Å². The standard InChI is InChI=1S/C13H16F3NO/c1-9-5-10(13(14,15)16)7-12(6-9)18-8-11-3-2-4-17-11/h5-7,11,17H,2-4,8H2,1H3/t11-/m1/s1. The number of hydrogen-bond donors (Lipinski definition) is 1. The molecule has 1 aliphatic heterocycles. The summed E-state index contributed by atoms with van der Waals surface area (Å²) in [6.45, 7) is 3.01. The van der Waals surface area contributed by atoms with Crippen molar-refractivity contribution >= 4 is 0 Å². The molecular formula is C13H16F3NO. The van der Waals surface area contributed by atoms with Crippen molar-refractivity contribution in [2.24, 2.45) is 0 Å². The van der Waals surface area contributed by atoms with Gasteiger partial charge in [0.15, 0.2) is 0 Å². The van der Waals surface area contributed by atoms with Crippen molar-refractivity contribution in [3.05, 3.63) is 29.3 Å². The van der Waals surface area contributed by atoms with Gasteiger partial charge in [-0.1, -0.05) is 0 Å². The highest BCUT2D eigenvalue weighted by molar-refractivity contribution is 5.35. The highest BCUT2D eigenvalue weighted by Gasteiger charge is 2.31. The molecule has 1 heterocycles. The van der Waals surface area contributed by atoms with E-state index in [9.17, 15) is 13.2 Å². The molecule has 1 aromatic rings. The normalized spacial score (nSPS) is 20.1. The number of ether oxygens (including phenoxy) is 1. The van der Waals surface area contributed by atoms with Gasteiger partial charge in [0.2, 0.25) is 0 Å². The maximum absolute atomic E-state index is 12.6. The van der Waals surface area contributed by atoms with Gasteiger partial charge in [0, 0.05) is 6.04 Å². The highest BCUT2D eigenvalue weighted by atomic mass is 19.4. The van der Waals surface area contributed by atoms with Gasteiger partial charge >= 0.3 is 6.18 Å². The van der Waals surface area contributed by atoms with Crippen LogP contribution in [0.15, 0.2) is 18.2 Å². The number of aryl methyl sites for hydroxylation is 1. The van der Waals surface area contributed by atoms with E-state index in [-0.39, 0.29) is 11.8 Å². The van der Waals surface area contributed by atoms with E-state index >= 15 is 0 Å². The molecule has 0 unspecified atom stereocenters. The SMILES string of the molecule is Cc1cc(OC[C@H]2CCCN2)cc(C(F)(F)F)c1. The minimum absolute atomic E-state index is 0.250. The molecule has 1 saturated heterocycles. The van der Waals surface area contributed by atoms with Crippen LogP contribution in [-0.2, 0) is 6.18 Å². The van der Waals surface area contributed by atoms with Crippen molar-refractivity contribution in [1.82, 2.24) is 5.32 Å². The largest absolute Gasteiger partial charge is 0.492 e. The fourth-order valence-corrected chi connectivity index (χ4v) is 2.09. The van der Waals surface area contributed by atoms with Crippen LogP contribution in [0.1, 0.15) is 24.0 Å². The van der Waals surface area contributed by atoms with Crippen LogP contribution < -0.4 is 10.1 Å². The lowest BCUT2D eigenvalue weighted by atomic mass is 10.1. The lowest BCUT2D eigenvalue weighted by Crippen LogP contribution is -2.28. The van der Waals surface area contributed by atoms with Crippen molar-refractivity contribution < 1.29 is 17.9 Å². The number of nitrogens with one attached hydrogen (secondary N) is 1. The smallest absolute Gasteiger partial charge is 0.416 e. The molecule has 0 spiro atoms. The summed E-state index contributed by atoms with van der Waals surface area (Å²) >= 11 is 0. The maximum Gasteiger partial charge on any atom is 0.416 e. The van der Waals surface area contributed by atoms with Crippen LogP contribution in [0.4, 0.5) is 13.2 Å². The molecule has 0 bridgehead atoms. The Bertz CT molecular complexity index is 411. The molecule has 100 valence electrons. The third-order valence-corrected chi connectivity index (χ3v) is 2.99. The van der Waals surface area contributed by atoms with Crippen molar-refractivity contribution in [3.63, 3.8) is 0 Å². The van der Waals surface area contributed by atoms with Gasteiger partial charge in [-0.3, -0.25) is 0 Å². The number of halogens is 3. The molecule has 1 fully saturated rings. The fraction of sp³-hybridized carbons (Fsp3) is 0.538. The van der Waals surface area contributed by atoms with Gasteiger partial charge in [0.1, 0.15) is 12.4 Å². The van der Waals surface area contributed by atoms with Gasteiger partial charge in [-0.05, 0) is 50.1 Å². The molecule has 1 aliphatic rings. The number of alkyl halides is 3. The fourth-order valence-electron chi connectivity index (χ4n) is 2.09. The van der Waals surface area contributed by atoms with E-state index in [0.717, 1.165) is 31.5 Å². The molecule has 0 aromatic heterocycles. The number of rotatable bonds is 3. The monoisotopic (exact) mass is 259 g/mol. The maximum atomic E-state index is 12.6. The molecule has 18 heavy (non-hydrogen) atoms. The summed E-state index contributed by atoms with van der Waals surface area (Å²) < 4.78 is 43.3. The summed E-state index contributed by atoms with van der Waals surface area (Å²) in [5.41, 5.74) is -0.101. The minimum atomic E-state index is -4.32. The Kier molecular flexibility index (Phi) is 3.80.